The average molecular weight is 489 g/mol. The van der Waals surface area contributed by atoms with E-state index in [1.54, 1.807) is 25.3 Å². The summed E-state index contributed by atoms with van der Waals surface area (Å²) in [4.78, 5) is 0. The highest BCUT2D eigenvalue weighted by Gasteiger charge is 2.12. The van der Waals surface area contributed by atoms with Crippen LogP contribution in [0.25, 0.3) is 11.6 Å². The number of hydrogen-bond donors (Lipinski definition) is 0. The van der Waals surface area contributed by atoms with Crippen molar-refractivity contribution in [3.63, 3.8) is 0 Å². The number of benzene rings is 3. The van der Waals surface area contributed by atoms with Crippen molar-refractivity contribution in [2.24, 2.45) is 0 Å². The Labute approximate surface area is 188 Å². The SMILES string of the molecule is COc1cc(C=C(C#N)c2ccc(Cl)cc2)c(Br)cc1OCc1ccccc1Cl. The largest absolute Gasteiger partial charge is 0.493 e. The van der Waals surface area contributed by atoms with Crippen molar-refractivity contribution in [2.75, 3.05) is 7.11 Å². The predicted molar refractivity (Wildman–Crippen MR) is 121 cm³/mol. The molecule has 0 aliphatic carbocycles. The second-order valence-corrected chi connectivity index (χ2v) is 7.78. The van der Waals surface area contributed by atoms with Crippen LogP contribution in [0.4, 0.5) is 0 Å². The molecule has 0 heterocycles. The van der Waals surface area contributed by atoms with Crippen LogP contribution in [0.15, 0.2) is 65.1 Å². The molecule has 0 N–H and O–H groups in total. The van der Waals surface area contributed by atoms with Crippen molar-refractivity contribution < 1.29 is 9.47 Å². The van der Waals surface area contributed by atoms with Crippen LogP contribution in [0.2, 0.25) is 10.0 Å². The zero-order valence-electron chi connectivity index (χ0n) is 15.5. The van der Waals surface area contributed by atoms with E-state index in [-0.39, 0.29) is 0 Å². The Kier molecular flexibility index (Phi) is 7.22. The zero-order valence-corrected chi connectivity index (χ0v) is 18.6. The lowest BCUT2D eigenvalue weighted by Gasteiger charge is -2.14. The quantitative estimate of drug-likeness (QED) is 0.268. The van der Waals surface area contributed by atoms with Crippen molar-refractivity contribution in [2.45, 2.75) is 6.61 Å². The van der Waals surface area contributed by atoms with Gasteiger partial charge in [0.15, 0.2) is 11.5 Å². The van der Waals surface area contributed by atoms with Crippen LogP contribution >= 0.6 is 39.1 Å². The number of nitrogens with zero attached hydrogens (tertiary/aromatic N) is 1. The van der Waals surface area contributed by atoms with Gasteiger partial charge in [-0.2, -0.15) is 5.26 Å². The summed E-state index contributed by atoms with van der Waals surface area (Å²) in [6, 6.07) is 20.5. The molecule has 3 aromatic rings. The van der Waals surface area contributed by atoms with Crippen LogP contribution in [-0.4, -0.2) is 7.11 Å². The molecule has 0 aliphatic rings. The van der Waals surface area contributed by atoms with Crippen molar-refractivity contribution in [1.29, 1.82) is 5.26 Å². The number of nitriles is 1. The Hall–Kier alpha value is -2.45. The average Bonchev–Trinajstić information content (AvgIpc) is 2.73. The van der Waals surface area contributed by atoms with Crippen LogP contribution in [0.5, 0.6) is 11.5 Å². The van der Waals surface area contributed by atoms with E-state index in [9.17, 15) is 5.26 Å². The third-order valence-corrected chi connectivity index (χ3v) is 5.51. The molecule has 0 aromatic heterocycles. The van der Waals surface area contributed by atoms with E-state index in [4.69, 9.17) is 32.7 Å². The molecule has 6 heteroatoms. The van der Waals surface area contributed by atoms with Gasteiger partial charge >= 0.3 is 0 Å². The summed E-state index contributed by atoms with van der Waals surface area (Å²) in [6.45, 7) is 0.311. The van der Waals surface area contributed by atoms with Gasteiger partial charge in [0.1, 0.15) is 6.61 Å². The minimum atomic E-state index is 0.311. The Morgan fingerprint density at radius 1 is 1.07 bits per heavy atom. The number of allylic oxidation sites excluding steroid dienone is 1. The maximum Gasteiger partial charge on any atom is 0.162 e. The number of methoxy groups -OCH3 is 1. The fourth-order valence-electron chi connectivity index (χ4n) is 2.67. The standard InChI is InChI=1S/C23H16BrCl2NO2/c1-28-22-11-17(10-18(13-27)15-6-8-19(25)9-7-15)20(24)12-23(22)29-14-16-4-2-3-5-21(16)26/h2-12H,14H2,1H3. The van der Waals surface area contributed by atoms with Gasteiger partial charge in [-0.1, -0.05) is 69.5 Å². The van der Waals surface area contributed by atoms with Gasteiger partial charge in [0.05, 0.1) is 18.8 Å². The van der Waals surface area contributed by atoms with E-state index in [0.29, 0.717) is 33.7 Å². The molecular formula is C23H16BrCl2NO2. The molecule has 0 bridgehead atoms. The molecule has 0 amide bonds. The van der Waals surface area contributed by atoms with Gasteiger partial charge in [0.2, 0.25) is 0 Å². The fourth-order valence-corrected chi connectivity index (χ4v) is 3.42. The maximum absolute atomic E-state index is 9.58. The third kappa shape index (κ3) is 5.33. The Morgan fingerprint density at radius 3 is 2.45 bits per heavy atom. The molecule has 0 radical (unpaired) electrons. The second kappa shape index (κ2) is 9.84. The van der Waals surface area contributed by atoms with Crippen LogP contribution < -0.4 is 9.47 Å². The minimum absolute atomic E-state index is 0.311. The second-order valence-electron chi connectivity index (χ2n) is 6.08. The van der Waals surface area contributed by atoms with Crippen LogP contribution in [-0.2, 0) is 6.61 Å². The summed E-state index contributed by atoms with van der Waals surface area (Å²) in [5.74, 6) is 1.13. The normalized spacial score (nSPS) is 11.1. The Morgan fingerprint density at radius 2 is 1.79 bits per heavy atom. The Balaban J connectivity index is 1.90. The monoisotopic (exact) mass is 487 g/mol. The summed E-state index contributed by atoms with van der Waals surface area (Å²) in [6.07, 6.45) is 1.79. The van der Waals surface area contributed by atoms with Gasteiger partial charge in [-0.25, -0.2) is 0 Å². The molecule has 0 atom stereocenters. The first-order valence-electron chi connectivity index (χ1n) is 8.63. The van der Waals surface area contributed by atoms with E-state index >= 15 is 0 Å². The number of halogens is 3. The van der Waals surface area contributed by atoms with E-state index in [1.165, 1.54) is 0 Å². The van der Waals surface area contributed by atoms with Crippen molar-refractivity contribution in [3.8, 4) is 17.6 Å². The zero-order chi connectivity index (χ0) is 20.8. The smallest absolute Gasteiger partial charge is 0.162 e. The van der Waals surface area contributed by atoms with Gasteiger partial charge in [-0.3, -0.25) is 0 Å². The molecule has 3 rings (SSSR count). The first-order chi connectivity index (χ1) is 14.0. The molecule has 0 saturated carbocycles. The van der Waals surface area contributed by atoms with Gasteiger partial charge in [0.25, 0.3) is 0 Å². The van der Waals surface area contributed by atoms with Gasteiger partial charge < -0.3 is 9.47 Å². The Bertz CT molecular complexity index is 1090. The van der Waals surface area contributed by atoms with Crippen molar-refractivity contribution in [1.82, 2.24) is 0 Å². The fraction of sp³-hybridized carbons (Fsp3) is 0.0870. The van der Waals surface area contributed by atoms with Gasteiger partial charge in [0, 0.05) is 20.1 Å². The molecule has 3 nitrogen and oxygen atoms in total. The predicted octanol–water partition coefficient (Wildman–Crippen LogP) is 7.41. The lowest BCUT2D eigenvalue weighted by molar-refractivity contribution is 0.284. The van der Waals surface area contributed by atoms with Gasteiger partial charge in [-0.15, -0.1) is 0 Å². The summed E-state index contributed by atoms with van der Waals surface area (Å²) >= 11 is 15.7. The van der Waals surface area contributed by atoms with E-state index in [0.717, 1.165) is 21.2 Å². The van der Waals surface area contributed by atoms with E-state index in [1.807, 2.05) is 48.5 Å². The molecule has 3 aromatic carbocycles. The number of hydrogen-bond acceptors (Lipinski definition) is 3. The van der Waals surface area contributed by atoms with Crippen LogP contribution in [0.3, 0.4) is 0 Å². The highest BCUT2D eigenvalue weighted by molar-refractivity contribution is 9.10. The molecule has 0 aliphatic heterocycles. The van der Waals surface area contributed by atoms with Crippen molar-refractivity contribution in [3.05, 3.63) is 91.9 Å². The molecule has 0 fully saturated rings. The lowest BCUT2D eigenvalue weighted by atomic mass is 10.0. The summed E-state index contributed by atoms with van der Waals surface area (Å²) in [5, 5.41) is 10.8. The van der Waals surface area contributed by atoms with Crippen LogP contribution in [0.1, 0.15) is 16.7 Å². The molecule has 0 unspecified atom stereocenters. The van der Waals surface area contributed by atoms with E-state index < -0.39 is 0 Å². The van der Waals surface area contributed by atoms with Crippen LogP contribution in [0, 0.1) is 11.3 Å². The summed E-state index contributed by atoms with van der Waals surface area (Å²) < 4.78 is 12.2. The molecule has 29 heavy (non-hydrogen) atoms. The van der Waals surface area contributed by atoms with E-state index in [2.05, 4.69) is 22.0 Å². The lowest BCUT2D eigenvalue weighted by Crippen LogP contribution is -1.99. The molecule has 0 spiro atoms. The third-order valence-electron chi connectivity index (χ3n) is 4.20. The molecule has 0 saturated heterocycles. The van der Waals surface area contributed by atoms with Crippen molar-refractivity contribution >= 4 is 50.8 Å². The maximum atomic E-state index is 9.58. The first-order valence-corrected chi connectivity index (χ1v) is 10.2. The molecular weight excluding hydrogens is 473 g/mol. The molecule has 146 valence electrons. The topological polar surface area (TPSA) is 42.2 Å². The van der Waals surface area contributed by atoms with Gasteiger partial charge in [-0.05, 0) is 47.5 Å². The highest BCUT2D eigenvalue weighted by atomic mass is 79.9. The summed E-state index contributed by atoms with van der Waals surface area (Å²) in [7, 11) is 1.57. The summed E-state index contributed by atoms with van der Waals surface area (Å²) in [5.41, 5.74) is 2.96. The minimum Gasteiger partial charge on any atom is -0.493 e. The number of ether oxygens (including phenoxy) is 2. The highest BCUT2D eigenvalue weighted by Crippen LogP contribution is 2.36. The first kappa shape index (κ1) is 21.3. The number of rotatable bonds is 6.